The van der Waals surface area contributed by atoms with Gasteiger partial charge in [-0.05, 0) is 45.9 Å². The molecule has 4 aromatic carbocycles. The lowest BCUT2D eigenvalue weighted by molar-refractivity contribution is -0.124. The highest BCUT2D eigenvalue weighted by atomic mass is 16.5. The van der Waals surface area contributed by atoms with Crippen molar-refractivity contribution >= 4 is 28.0 Å². The molecule has 6 rings (SSSR count). The van der Waals surface area contributed by atoms with Crippen LogP contribution in [0.2, 0.25) is 0 Å². The largest absolute Gasteiger partial charge is 0.489 e. The summed E-state index contributed by atoms with van der Waals surface area (Å²) in [5.41, 5.74) is 5.23. The highest BCUT2D eigenvalue weighted by molar-refractivity contribution is 6.12. The molecule has 1 saturated carbocycles. The number of benzene rings is 4. The second kappa shape index (κ2) is 8.49. The maximum atomic E-state index is 13.7. The number of fused-ring (bicyclic) bond motifs is 4. The maximum Gasteiger partial charge on any atom is 0.143 e. The van der Waals surface area contributed by atoms with Gasteiger partial charge in [0.15, 0.2) is 0 Å². The molecule has 1 aliphatic carbocycles. The Morgan fingerprint density at radius 3 is 2.43 bits per heavy atom. The van der Waals surface area contributed by atoms with Gasteiger partial charge >= 0.3 is 0 Å². The van der Waals surface area contributed by atoms with Gasteiger partial charge in [-0.1, -0.05) is 92.7 Å². The van der Waals surface area contributed by atoms with Gasteiger partial charge in [-0.25, -0.2) is 0 Å². The van der Waals surface area contributed by atoms with Crippen LogP contribution in [-0.2, 0) is 11.4 Å². The molecule has 0 N–H and O–H groups in total. The fourth-order valence-electron chi connectivity index (χ4n) is 5.89. The van der Waals surface area contributed by atoms with E-state index in [4.69, 9.17) is 9.73 Å². The second-order valence-electron chi connectivity index (χ2n) is 10.6. The smallest absolute Gasteiger partial charge is 0.143 e. The molecule has 174 valence electrons. The average molecular weight is 460 g/mol. The van der Waals surface area contributed by atoms with Crippen LogP contribution in [0.25, 0.3) is 10.8 Å². The third-order valence-corrected chi connectivity index (χ3v) is 7.37. The van der Waals surface area contributed by atoms with Gasteiger partial charge in [0.1, 0.15) is 18.1 Å². The number of hydrogen-bond donors (Lipinski definition) is 0. The summed E-state index contributed by atoms with van der Waals surface area (Å²) in [5.74, 6) is 0.725. The van der Waals surface area contributed by atoms with Crippen molar-refractivity contribution in [3.05, 3.63) is 108 Å². The van der Waals surface area contributed by atoms with Gasteiger partial charge < -0.3 is 4.74 Å². The number of carbonyl (C=O) groups is 1. The molecule has 3 heteroatoms. The Labute approximate surface area is 206 Å². The monoisotopic (exact) mass is 459 g/mol. The molecular formula is C32H29NO2. The highest BCUT2D eigenvalue weighted by Crippen LogP contribution is 2.52. The summed E-state index contributed by atoms with van der Waals surface area (Å²) in [4.78, 5) is 18.9. The molecule has 2 unspecified atom stereocenters. The van der Waals surface area contributed by atoms with Gasteiger partial charge in [0.25, 0.3) is 0 Å². The summed E-state index contributed by atoms with van der Waals surface area (Å²) in [5, 5.41) is 2.33. The third kappa shape index (κ3) is 3.95. The summed E-state index contributed by atoms with van der Waals surface area (Å²) >= 11 is 0. The Balaban J connectivity index is 1.53. The number of aliphatic imine (C=N–C) groups is 1. The van der Waals surface area contributed by atoms with Crippen LogP contribution < -0.4 is 4.74 Å². The highest BCUT2D eigenvalue weighted by Gasteiger charge is 2.46. The Morgan fingerprint density at radius 1 is 0.829 bits per heavy atom. The van der Waals surface area contributed by atoms with Gasteiger partial charge in [-0.3, -0.25) is 9.79 Å². The zero-order valence-electron chi connectivity index (χ0n) is 20.2. The van der Waals surface area contributed by atoms with Crippen LogP contribution in [0.1, 0.15) is 49.3 Å². The van der Waals surface area contributed by atoms with Gasteiger partial charge in [0.2, 0.25) is 0 Å². The van der Waals surface area contributed by atoms with Crippen molar-refractivity contribution < 1.29 is 9.53 Å². The minimum atomic E-state index is -0.261. The van der Waals surface area contributed by atoms with Gasteiger partial charge in [-0.2, -0.15) is 0 Å². The number of rotatable bonds is 4. The van der Waals surface area contributed by atoms with Crippen molar-refractivity contribution in [2.24, 2.45) is 16.3 Å². The van der Waals surface area contributed by atoms with E-state index >= 15 is 0 Å². The number of Topliss-reactive ketones (excluding diaryl/α,β-unsaturated/α-hetero) is 1. The molecule has 0 aromatic heterocycles. The Kier molecular flexibility index (Phi) is 5.29. The van der Waals surface area contributed by atoms with Gasteiger partial charge in [0.05, 0.1) is 11.6 Å². The number of hydrogen-bond acceptors (Lipinski definition) is 3. The normalized spacial score (nSPS) is 20.6. The first-order chi connectivity index (χ1) is 17.0. The molecule has 0 spiro atoms. The first-order valence-corrected chi connectivity index (χ1v) is 12.4. The molecule has 2 aliphatic rings. The fourth-order valence-corrected chi connectivity index (χ4v) is 5.89. The van der Waals surface area contributed by atoms with E-state index < -0.39 is 0 Å². The second-order valence-corrected chi connectivity index (χ2v) is 10.6. The van der Waals surface area contributed by atoms with Crippen molar-refractivity contribution in [3.63, 3.8) is 0 Å². The first-order valence-electron chi connectivity index (χ1n) is 12.4. The molecule has 0 saturated heterocycles. The van der Waals surface area contributed by atoms with E-state index in [2.05, 4.69) is 74.5 Å². The van der Waals surface area contributed by atoms with Crippen LogP contribution in [0.15, 0.2) is 96.0 Å². The van der Waals surface area contributed by atoms with Crippen molar-refractivity contribution in [2.75, 3.05) is 0 Å². The summed E-state index contributed by atoms with van der Waals surface area (Å²) < 4.78 is 6.41. The van der Waals surface area contributed by atoms with Crippen LogP contribution in [0.5, 0.6) is 5.75 Å². The molecule has 0 bridgehead atoms. The zero-order chi connectivity index (χ0) is 24.0. The van der Waals surface area contributed by atoms with Crippen molar-refractivity contribution in [3.8, 4) is 5.75 Å². The van der Waals surface area contributed by atoms with Crippen molar-refractivity contribution in [1.82, 2.24) is 0 Å². The number of ether oxygens (including phenoxy) is 1. The van der Waals surface area contributed by atoms with Crippen molar-refractivity contribution in [2.45, 2.75) is 39.2 Å². The van der Waals surface area contributed by atoms with Crippen LogP contribution in [0.4, 0.5) is 5.69 Å². The lowest BCUT2D eigenvalue weighted by Crippen LogP contribution is -2.42. The lowest BCUT2D eigenvalue weighted by atomic mass is 9.63. The predicted molar refractivity (Wildman–Crippen MR) is 142 cm³/mol. The summed E-state index contributed by atoms with van der Waals surface area (Å²) in [6.07, 6.45) is 1.40. The molecule has 4 aromatic rings. The Hall–Kier alpha value is -3.72. The molecule has 1 fully saturated rings. The van der Waals surface area contributed by atoms with E-state index in [1.165, 1.54) is 5.39 Å². The minimum Gasteiger partial charge on any atom is -0.489 e. The van der Waals surface area contributed by atoms with Crippen LogP contribution in [-0.4, -0.2) is 11.5 Å². The van der Waals surface area contributed by atoms with E-state index in [1.807, 2.05) is 30.3 Å². The van der Waals surface area contributed by atoms with Crippen LogP contribution >= 0.6 is 0 Å². The maximum absolute atomic E-state index is 13.7. The van der Waals surface area contributed by atoms with E-state index in [1.54, 1.807) is 0 Å². The number of nitrogens with zero attached hydrogens (tertiary/aromatic N) is 1. The fraction of sp³-hybridized carbons (Fsp3) is 0.250. The standard InChI is InChI=1S/C32H29NO2/c1-32(2)18-26-31(27(34)19-32)30(29-23-13-7-6-12-22(23)16-17-25(29)33-26)24-14-8-9-15-28(24)35-20-21-10-4-3-5-11-21/h3-17,30-31H,18-20H2,1-2H3. The predicted octanol–water partition coefficient (Wildman–Crippen LogP) is 7.64. The number of para-hydroxylation sites is 1. The molecule has 3 nitrogen and oxygen atoms in total. The van der Waals surface area contributed by atoms with E-state index in [-0.39, 0.29) is 23.0 Å². The van der Waals surface area contributed by atoms with Gasteiger partial charge in [-0.15, -0.1) is 0 Å². The molecule has 2 atom stereocenters. The molecule has 1 heterocycles. The summed E-state index contributed by atoms with van der Waals surface area (Å²) in [6.45, 7) is 4.83. The topological polar surface area (TPSA) is 38.7 Å². The van der Waals surface area contributed by atoms with Crippen molar-refractivity contribution in [1.29, 1.82) is 0 Å². The molecule has 1 aliphatic heterocycles. The van der Waals surface area contributed by atoms with Crippen LogP contribution in [0.3, 0.4) is 0 Å². The SMILES string of the molecule is CC1(C)CC(=O)C2C(=Nc3ccc4ccccc4c3C2c2ccccc2OCc2ccccc2)C1. The number of ketones is 1. The Morgan fingerprint density at radius 2 is 1.57 bits per heavy atom. The van der Waals surface area contributed by atoms with E-state index in [9.17, 15) is 4.79 Å². The molecular weight excluding hydrogens is 430 g/mol. The van der Waals surface area contributed by atoms with Crippen LogP contribution in [0, 0.1) is 11.3 Å². The van der Waals surface area contributed by atoms with E-state index in [0.29, 0.717) is 13.0 Å². The summed E-state index contributed by atoms with van der Waals surface area (Å²) in [7, 11) is 0. The lowest BCUT2D eigenvalue weighted by Gasteiger charge is -2.41. The molecule has 0 radical (unpaired) electrons. The zero-order valence-corrected chi connectivity index (χ0v) is 20.2. The average Bonchev–Trinajstić information content (AvgIpc) is 2.86. The third-order valence-electron chi connectivity index (χ3n) is 7.37. The number of carbonyl (C=O) groups excluding carboxylic acids is 1. The molecule has 0 amide bonds. The minimum absolute atomic E-state index is 0.0748. The summed E-state index contributed by atoms with van der Waals surface area (Å²) in [6, 6.07) is 31.1. The first kappa shape index (κ1) is 21.8. The van der Waals surface area contributed by atoms with Gasteiger partial charge in [0, 0.05) is 23.6 Å². The quantitative estimate of drug-likeness (QED) is 0.314. The van der Waals surface area contributed by atoms with E-state index in [0.717, 1.165) is 45.6 Å². The Bertz CT molecular complexity index is 1450. The molecule has 35 heavy (non-hydrogen) atoms.